The second kappa shape index (κ2) is 6.07. The highest BCUT2D eigenvalue weighted by atomic mass is 32.2. The monoisotopic (exact) mass is 262 g/mol. The Balaban J connectivity index is 1.96. The smallest absolute Gasteiger partial charge is 0.0991 e. The summed E-state index contributed by atoms with van der Waals surface area (Å²) in [5.74, 6) is 0.927. The zero-order valence-corrected chi connectivity index (χ0v) is 11.5. The quantitative estimate of drug-likeness (QED) is 0.900. The number of imidazole rings is 1. The Kier molecular flexibility index (Phi) is 4.44. The number of aliphatic hydroxyl groups is 1. The first-order chi connectivity index (χ1) is 8.66. The van der Waals surface area contributed by atoms with E-state index in [0.717, 1.165) is 11.4 Å². The first-order valence-electron chi connectivity index (χ1n) is 6.04. The van der Waals surface area contributed by atoms with Gasteiger partial charge in [0, 0.05) is 29.1 Å². The van der Waals surface area contributed by atoms with Crippen LogP contribution in [-0.2, 0) is 5.75 Å². The third kappa shape index (κ3) is 3.37. The molecule has 0 fully saturated rings. The molecule has 0 radical (unpaired) electrons. The molecule has 0 unspecified atom stereocenters. The second-order valence-electron chi connectivity index (χ2n) is 4.39. The molecule has 18 heavy (non-hydrogen) atoms. The lowest BCUT2D eigenvalue weighted by atomic mass is 10.2. The van der Waals surface area contributed by atoms with E-state index < -0.39 is 0 Å². The fraction of sp³-hybridized carbons (Fsp3) is 0.357. The van der Waals surface area contributed by atoms with Gasteiger partial charge < -0.3 is 9.67 Å². The third-order valence-corrected chi connectivity index (χ3v) is 4.35. The summed E-state index contributed by atoms with van der Waals surface area (Å²) in [6.45, 7) is 3.88. The van der Waals surface area contributed by atoms with Crippen molar-refractivity contribution in [1.29, 1.82) is 0 Å². The summed E-state index contributed by atoms with van der Waals surface area (Å²) < 4.78 is 1.98. The number of hydrogen-bond donors (Lipinski definition) is 1. The van der Waals surface area contributed by atoms with Crippen LogP contribution in [0.25, 0.3) is 5.69 Å². The highest BCUT2D eigenvalue weighted by Crippen LogP contribution is 2.20. The number of nitrogens with zero attached hydrogens (tertiary/aromatic N) is 2. The largest absolute Gasteiger partial charge is 0.392 e. The number of benzene rings is 1. The van der Waals surface area contributed by atoms with Crippen LogP contribution in [0.3, 0.4) is 0 Å². The first-order valence-corrected chi connectivity index (χ1v) is 7.08. The molecule has 1 aromatic carbocycles. The van der Waals surface area contributed by atoms with Gasteiger partial charge in [0.25, 0.3) is 0 Å². The number of aliphatic hydroxyl groups excluding tert-OH is 1. The molecule has 1 aromatic heterocycles. The summed E-state index contributed by atoms with van der Waals surface area (Å²) in [6.07, 6.45) is 5.23. The van der Waals surface area contributed by atoms with Gasteiger partial charge in [0.05, 0.1) is 12.4 Å². The van der Waals surface area contributed by atoms with E-state index in [4.69, 9.17) is 0 Å². The maximum absolute atomic E-state index is 9.44. The van der Waals surface area contributed by atoms with Crippen LogP contribution in [0.2, 0.25) is 0 Å². The normalized spacial score (nSPS) is 14.4. The predicted octanol–water partition coefficient (Wildman–Crippen LogP) is 2.87. The molecule has 96 valence electrons. The van der Waals surface area contributed by atoms with Crippen LogP contribution in [0.4, 0.5) is 0 Å². The van der Waals surface area contributed by atoms with Gasteiger partial charge in [-0.25, -0.2) is 4.98 Å². The Labute approximate surface area is 112 Å². The summed E-state index contributed by atoms with van der Waals surface area (Å²) >= 11 is 1.77. The Morgan fingerprint density at radius 3 is 2.56 bits per heavy atom. The van der Waals surface area contributed by atoms with Gasteiger partial charge in [-0.15, -0.1) is 0 Å². The second-order valence-corrected chi connectivity index (χ2v) is 5.76. The maximum atomic E-state index is 9.44. The highest BCUT2D eigenvalue weighted by Gasteiger charge is 2.08. The molecule has 0 aliphatic rings. The van der Waals surface area contributed by atoms with Crippen LogP contribution >= 0.6 is 11.8 Å². The summed E-state index contributed by atoms with van der Waals surface area (Å²) in [5.41, 5.74) is 2.39. The van der Waals surface area contributed by atoms with Crippen molar-refractivity contribution in [3.8, 4) is 5.69 Å². The van der Waals surface area contributed by atoms with E-state index in [1.165, 1.54) is 5.56 Å². The average molecular weight is 262 g/mol. The van der Waals surface area contributed by atoms with Crippen LogP contribution in [0.1, 0.15) is 19.4 Å². The molecular weight excluding hydrogens is 244 g/mol. The molecule has 0 aliphatic heterocycles. The maximum Gasteiger partial charge on any atom is 0.0991 e. The summed E-state index contributed by atoms with van der Waals surface area (Å²) in [4.78, 5) is 4.03. The molecule has 0 spiro atoms. The number of thioether (sulfide) groups is 1. The van der Waals surface area contributed by atoms with Gasteiger partial charge in [-0.3, -0.25) is 0 Å². The van der Waals surface area contributed by atoms with Crippen LogP contribution in [0.5, 0.6) is 0 Å². The minimum atomic E-state index is -0.264. The molecule has 0 amide bonds. The summed E-state index contributed by atoms with van der Waals surface area (Å²) in [5, 5.41) is 9.70. The van der Waals surface area contributed by atoms with Crippen molar-refractivity contribution in [2.24, 2.45) is 0 Å². The SMILES string of the molecule is C[C@H](SCc1ccc(-n2ccnc2)cc1)[C@@H](C)O. The van der Waals surface area contributed by atoms with Crippen molar-refractivity contribution in [2.45, 2.75) is 31.0 Å². The molecule has 0 aliphatic carbocycles. The topological polar surface area (TPSA) is 38.0 Å². The average Bonchev–Trinajstić information content (AvgIpc) is 2.90. The minimum absolute atomic E-state index is 0.262. The van der Waals surface area contributed by atoms with Gasteiger partial charge in [-0.05, 0) is 24.6 Å². The Hall–Kier alpha value is -1.26. The molecule has 2 atom stereocenters. The van der Waals surface area contributed by atoms with Gasteiger partial charge >= 0.3 is 0 Å². The molecule has 1 heterocycles. The van der Waals surface area contributed by atoms with Crippen molar-refractivity contribution in [1.82, 2.24) is 9.55 Å². The van der Waals surface area contributed by atoms with Crippen LogP contribution in [0, 0.1) is 0 Å². The van der Waals surface area contributed by atoms with Crippen molar-refractivity contribution in [2.75, 3.05) is 0 Å². The zero-order valence-electron chi connectivity index (χ0n) is 10.7. The van der Waals surface area contributed by atoms with Crippen molar-refractivity contribution >= 4 is 11.8 Å². The van der Waals surface area contributed by atoms with Gasteiger partial charge in [0.2, 0.25) is 0 Å². The number of rotatable bonds is 5. The van der Waals surface area contributed by atoms with Gasteiger partial charge in [-0.2, -0.15) is 11.8 Å². The molecule has 0 bridgehead atoms. The predicted molar refractivity (Wildman–Crippen MR) is 76.0 cm³/mol. The molecular formula is C14H18N2OS. The minimum Gasteiger partial charge on any atom is -0.392 e. The fourth-order valence-corrected chi connectivity index (χ4v) is 2.47. The zero-order chi connectivity index (χ0) is 13.0. The van der Waals surface area contributed by atoms with Crippen LogP contribution in [0.15, 0.2) is 43.0 Å². The standard InChI is InChI=1S/C14H18N2OS/c1-11(17)12(2)18-9-13-3-5-14(6-4-13)16-8-7-15-10-16/h3-8,10-12,17H,9H2,1-2H3/t11-,12+/m1/s1. The highest BCUT2D eigenvalue weighted by molar-refractivity contribution is 7.99. The van der Waals surface area contributed by atoms with Crippen molar-refractivity contribution < 1.29 is 5.11 Å². The third-order valence-electron chi connectivity index (χ3n) is 2.93. The molecule has 0 saturated heterocycles. The fourth-order valence-electron chi connectivity index (χ4n) is 1.54. The molecule has 0 saturated carbocycles. The molecule has 2 rings (SSSR count). The van der Waals surface area contributed by atoms with E-state index in [1.54, 1.807) is 24.3 Å². The Bertz CT molecular complexity index is 465. The lowest BCUT2D eigenvalue weighted by molar-refractivity contribution is 0.196. The van der Waals surface area contributed by atoms with E-state index in [9.17, 15) is 5.11 Å². The van der Waals surface area contributed by atoms with Gasteiger partial charge in [0.15, 0.2) is 0 Å². The number of aromatic nitrogens is 2. The van der Waals surface area contributed by atoms with E-state index in [1.807, 2.05) is 17.7 Å². The van der Waals surface area contributed by atoms with Gasteiger partial charge in [-0.1, -0.05) is 19.1 Å². The van der Waals surface area contributed by atoms with Crippen LogP contribution in [-0.4, -0.2) is 26.0 Å². The van der Waals surface area contributed by atoms with E-state index in [2.05, 4.69) is 36.2 Å². The number of hydrogen-bond acceptors (Lipinski definition) is 3. The summed E-state index contributed by atoms with van der Waals surface area (Å²) in [7, 11) is 0. The van der Waals surface area contributed by atoms with Crippen LogP contribution < -0.4 is 0 Å². The van der Waals surface area contributed by atoms with Crippen molar-refractivity contribution in [3.63, 3.8) is 0 Å². The van der Waals surface area contributed by atoms with Gasteiger partial charge in [0.1, 0.15) is 0 Å². The summed E-state index contributed by atoms with van der Waals surface area (Å²) in [6, 6.07) is 8.42. The molecule has 1 N–H and O–H groups in total. The Morgan fingerprint density at radius 1 is 1.28 bits per heavy atom. The lowest BCUT2D eigenvalue weighted by Gasteiger charge is -2.14. The molecule has 4 heteroatoms. The van der Waals surface area contributed by atoms with E-state index >= 15 is 0 Å². The van der Waals surface area contributed by atoms with E-state index in [0.29, 0.717) is 0 Å². The molecule has 3 nitrogen and oxygen atoms in total. The van der Waals surface area contributed by atoms with E-state index in [-0.39, 0.29) is 11.4 Å². The first kappa shape index (κ1) is 13.2. The Morgan fingerprint density at radius 2 is 2.00 bits per heavy atom. The lowest BCUT2D eigenvalue weighted by Crippen LogP contribution is -2.15. The van der Waals surface area contributed by atoms with Crippen molar-refractivity contribution in [3.05, 3.63) is 48.5 Å². The molecule has 2 aromatic rings.